The summed E-state index contributed by atoms with van der Waals surface area (Å²) >= 11 is 1.66. The van der Waals surface area contributed by atoms with Gasteiger partial charge in [0.05, 0.1) is 18.1 Å². The summed E-state index contributed by atoms with van der Waals surface area (Å²) in [6, 6.07) is 0. The first-order chi connectivity index (χ1) is 9.69. The van der Waals surface area contributed by atoms with Gasteiger partial charge in [0.15, 0.2) is 0 Å². The Kier molecular flexibility index (Phi) is 2.56. The number of nitrogens with zero attached hydrogens (tertiary/aromatic N) is 6. The van der Waals surface area contributed by atoms with E-state index in [-0.39, 0.29) is 0 Å². The second-order valence-electron chi connectivity index (χ2n) is 5.37. The fourth-order valence-electron chi connectivity index (χ4n) is 2.78. The third kappa shape index (κ3) is 1.89. The molecule has 4 rings (SSSR count). The van der Waals surface area contributed by atoms with Crippen LogP contribution in [-0.2, 0) is 7.05 Å². The number of hydrogen-bond acceptors (Lipinski definition) is 5. The largest absolute Gasteiger partial charge is 0.346 e. The van der Waals surface area contributed by atoms with Gasteiger partial charge < -0.3 is 4.90 Å². The van der Waals surface area contributed by atoms with Crippen molar-refractivity contribution in [2.24, 2.45) is 7.05 Å². The molecule has 0 N–H and O–H groups in total. The fourth-order valence-corrected chi connectivity index (χ4v) is 3.75. The van der Waals surface area contributed by atoms with Crippen molar-refractivity contribution in [2.75, 3.05) is 18.0 Å². The Morgan fingerprint density at radius 1 is 1.35 bits per heavy atom. The highest BCUT2D eigenvalue weighted by molar-refractivity contribution is 7.20. The molecule has 20 heavy (non-hydrogen) atoms. The minimum absolute atomic E-state index is 0.557. The molecule has 3 aromatic rings. The summed E-state index contributed by atoms with van der Waals surface area (Å²) in [4.78, 5) is 7.79. The predicted molar refractivity (Wildman–Crippen MR) is 78.4 cm³/mol. The van der Waals surface area contributed by atoms with Gasteiger partial charge in [-0.15, -0.1) is 5.10 Å². The molecule has 0 saturated carbocycles. The number of hydrogen-bond donors (Lipinski definition) is 0. The Hall–Kier alpha value is -1.89. The Morgan fingerprint density at radius 2 is 2.25 bits per heavy atom. The molecule has 1 aliphatic heterocycles. The highest BCUT2D eigenvalue weighted by Crippen LogP contribution is 2.32. The van der Waals surface area contributed by atoms with Crippen LogP contribution in [0.2, 0.25) is 0 Å². The molecule has 3 aromatic heterocycles. The lowest BCUT2D eigenvalue weighted by molar-refractivity contribution is 0.754. The second kappa shape index (κ2) is 4.31. The molecule has 1 atom stereocenters. The lowest BCUT2D eigenvalue weighted by atomic mass is 10.0. The van der Waals surface area contributed by atoms with Crippen molar-refractivity contribution in [1.82, 2.24) is 24.4 Å². The number of anilines is 1. The van der Waals surface area contributed by atoms with E-state index in [0.717, 1.165) is 35.3 Å². The van der Waals surface area contributed by atoms with Gasteiger partial charge in [0, 0.05) is 32.3 Å². The molecule has 7 heteroatoms. The SMILES string of the molecule is Cc1cn2nc(N3CCC(c4cnn(C)c4)C3)sc2n1. The van der Waals surface area contributed by atoms with Crippen LogP contribution in [0, 0.1) is 6.92 Å². The van der Waals surface area contributed by atoms with Crippen LogP contribution in [0.15, 0.2) is 18.6 Å². The van der Waals surface area contributed by atoms with Gasteiger partial charge in [-0.1, -0.05) is 11.3 Å². The van der Waals surface area contributed by atoms with E-state index in [1.165, 1.54) is 5.56 Å². The molecule has 0 spiro atoms. The lowest BCUT2D eigenvalue weighted by Gasteiger charge is -2.13. The van der Waals surface area contributed by atoms with Crippen molar-refractivity contribution in [3.8, 4) is 0 Å². The zero-order valence-electron chi connectivity index (χ0n) is 11.5. The average molecular weight is 288 g/mol. The number of fused-ring (bicyclic) bond motifs is 1. The minimum Gasteiger partial charge on any atom is -0.346 e. The van der Waals surface area contributed by atoms with Crippen molar-refractivity contribution >= 4 is 21.4 Å². The summed E-state index contributed by atoms with van der Waals surface area (Å²) in [6.07, 6.45) is 7.23. The van der Waals surface area contributed by atoms with E-state index in [4.69, 9.17) is 0 Å². The first-order valence-corrected chi connectivity index (χ1v) is 7.57. The summed E-state index contributed by atoms with van der Waals surface area (Å²) in [5.74, 6) is 0.557. The third-order valence-electron chi connectivity index (χ3n) is 3.81. The van der Waals surface area contributed by atoms with Crippen molar-refractivity contribution in [1.29, 1.82) is 0 Å². The number of aromatic nitrogens is 5. The number of aryl methyl sites for hydroxylation is 2. The van der Waals surface area contributed by atoms with Crippen LogP contribution in [0.25, 0.3) is 4.96 Å². The Bertz CT molecular complexity index is 722. The maximum Gasteiger partial charge on any atom is 0.214 e. The standard InChI is InChI=1S/C13H16N6S/c1-9-6-19-12(15-9)20-13(16-19)18-4-3-10(8-18)11-5-14-17(2)7-11/h5-7,10H,3-4,8H2,1-2H3. The number of rotatable bonds is 2. The molecule has 1 aliphatic rings. The van der Waals surface area contributed by atoms with Gasteiger partial charge in [0.25, 0.3) is 0 Å². The molecule has 1 fully saturated rings. The Morgan fingerprint density at radius 3 is 3.00 bits per heavy atom. The van der Waals surface area contributed by atoms with E-state index in [9.17, 15) is 0 Å². The van der Waals surface area contributed by atoms with Gasteiger partial charge in [0.1, 0.15) is 0 Å². The summed E-state index contributed by atoms with van der Waals surface area (Å²) < 4.78 is 3.75. The third-order valence-corrected chi connectivity index (χ3v) is 4.79. The fraction of sp³-hybridized carbons (Fsp3) is 0.462. The Labute approximate surface area is 120 Å². The van der Waals surface area contributed by atoms with Crippen LogP contribution in [0.3, 0.4) is 0 Å². The summed E-state index contributed by atoms with van der Waals surface area (Å²) in [6.45, 7) is 4.06. The van der Waals surface area contributed by atoms with Gasteiger partial charge in [-0.2, -0.15) is 5.10 Å². The van der Waals surface area contributed by atoms with Crippen LogP contribution in [0.1, 0.15) is 23.6 Å². The van der Waals surface area contributed by atoms with E-state index in [2.05, 4.69) is 26.3 Å². The van der Waals surface area contributed by atoms with E-state index >= 15 is 0 Å². The maximum atomic E-state index is 4.63. The normalized spacial score (nSPS) is 19.3. The molecule has 0 aliphatic carbocycles. The van der Waals surface area contributed by atoms with E-state index in [1.54, 1.807) is 11.3 Å². The summed E-state index contributed by atoms with van der Waals surface area (Å²) in [7, 11) is 1.97. The quantitative estimate of drug-likeness (QED) is 0.722. The van der Waals surface area contributed by atoms with E-state index in [1.807, 2.05) is 35.6 Å². The van der Waals surface area contributed by atoms with E-state index < -0.39 is 0 Å². The first kappa shape index (κ1) is 11.9. The molecular weight excluding hydrogens is 272 g/mol. The highest BCUT2D eigenvalue weighted by Gasteiger charge is 2.27. The Balaban J connectivity index is 1.56. The smallest absolute Gasteiger partial charge is 0.214 e. The van der Waals surface area contributed by atoms with Crippen LogP contribution in [0.4, 0.5) is 5.13 Å². The molecule has 0 bridgehead atoms. The zero-order chi connectivity index (χ0) is 13.7. The van der Waals surface area contributed by atoms with E-state index in [0.29, 0.717) is 5.92 Å². The van der Waals surface area contributed by atoms with Crippen molar-refractivity contribution in [3.63, 3.8) is 0 Å². The van der Waals surface area contributed by atoms with Gasteiger partial charge in [-0.05, 0) is 18.9 Å². The molecular formula is C13H16N6S. The monoisotopic (exact) mass is 288 g/mol. The molecule has 6 nitrogen and oxygen atoms in total. The maximum absolute atomic E-state index is 4.63. The van der Waals surface area contributed by atoms with Crippen LogP contribution in [-0.4, -0.2) is 37.5 Å². The average Bonchev–Trinajstić information content (AvgIpc) is 3.09. The summed E-state index contributed by atoms with van der Waals surface area (Å²) in [5.41, 5.74) is 2.34. The van der Waals surface area contributed by atoms with Gasteiger partial charge >= 0.3 is 0 Å². The molecule has 0 radical (unpaired) electrons. The first-order valence-electron chi connectivity index (χ1n) is 6.75. The van der Waals surface area contributed by atoms with Crippen molar-refractivity contribution < 1.29 is 0 Å². The molecule has 1 unspecified atom stereocenters. The number of imidazole rings is 1. The summed E-state index contributed by atoms with van der Waals surface area (Å²) in [5, 5.41) is 9.96. The van der Waals surface area contributed by atoms with Crippen LogP contribution >= 0.6 is 11.3 Å². The molecule has 1 saturated heterocycles. The van der Waals surface area contributed by atoms with Crippen LogP contribution in [0.5, 0.6) is 0 Å². The molecule has 4 heterocycles. The minimum atomic E-state index is 0.557. The van der Waals surface area contributed by atoms with Gasteiger partial charge in [-0.25, -0.2) is 9.50 Å². The highest BCUT2D eigenvalue weighted by atomic mass is 32.1. The van der Waals surface area contributed by atoms with Gasteiger partial charge in [-0.3, -0.25) is 4.68 Å². The van der Waals surface area contributed by atoms with Crippen molar-refractivity contribution in [2.45, 2.75) is 19.3 Å². The second-order valence-corrected chi connectivity index (χ2v) is 6.31. The zero-order valence-corrected chi connectivity index (χ0v) is 12.3. The molecule has 0 aromatic carbocycles. The molecule has 0 amide bonds. The van der Waals surface area contributed by atoms with Crippen LogP contribution < -0.4 is 4.90 Å². The predicted octanol–water partition coefficient (Wildman–Crippen LogP) is 1.83. The van der Waals surface area contributed by atoms with Crippen molar-refractivity contribution in [3.05, 3.63) is 29.8 Å². The van der Waals surface area contributed by atoms with Gasteiger partial charge in [0.2, 0.25) is 10.1 Å². The topological polar surface area (TPSA) is 51.2 Å². The lowest BCUT2D eigenvalue weighted by Crippen LogP contribution is -2.19. The molecule has 104 valence electrons.